The number of halogens is 2. The number of aromatic nitrogens is 2. The fourth-order valence-corrected chi connectivity index (χ4v) is 4.96. The second kappa shape index (κ2) is 9.94. The molecule has 1 aliphatic heterocycles. The lowest BCUT2D eigenvalue weighted by molar-refractivity contribution is -0.117. The number of hydrogen-bond acceptors (Lipinski definition) is 4. The summed E-state index contributed by atoms with van der Waals surface area (Å²) in [6.07, 6.45) is 5.14. The third kappa shape index (κ3) is 5.72. The first kappa shape index (κ1) is 22.1. The van der Waals surface area contributed by atoms with Crippen molar-refractivity contribution in [3.05, 3.63) is 51.4 Å². The molecule has 0 radical (unpaired) electrons. The van der Waals surface area contributed by atoms with E-state index in [-0.39, 0.29) is 18.4 Å². The molecular weight excluding hydrogens is 429 g/mol. The average molecular weight is 452 g/mol. The van der Waals surface area contributed by atoms with Crippen LogP contribution in [0.1, 0.15) is 44.1 Å². The molecule has 1 aromatic carbocycles. The molecule has 3 rings (SSSR count). The first-order valence-electron chi connectivity index (χ1n) is 9.47. The molecule has 0 bridgehead atoms. The monoisotopic (exact) mass is 451 g/mol. The van der Waals surface area contributed by atoms with Crippen molar-refractivity contribution in [1.82, 2.24) is 9.55 Å². The second-order valence-electron chi connectivity index (χ2n) is 7.13. The number of aliphatic hydroxyl groups excluding tert-OH is 1. The van der Waals surface area contributed by atoms with E-state index < -0.39 is 0 Å². The van der Waals surface area contributed by atoms with E-state index in [1.54, 1.807) is 24.0 Å². The van der Waals surface area contributed by atoms with Gasteiger partial charge in [0.1, 0.15) is 10.9 Å². The fraction of sp³-hybridized carbons (Fsp3) is 0.381. The van der Waals surface area contributed by atoms with Crippen LogP contribution in [-0.2, 0) is 17.8 Å². The molecule has 0 fully saturated rings. The number of amides is 1. The summed E-state index contributed by atoms with van der Waals surface area (Å²) in [5.74, 6) is 0.993. The second-order valence-corrected chi connectivity index (χ2v) is 9.06. The third-order valence-electron chi connectivity index (χ3n) is 4.44. The number of nitrogens with zero attached hydrogens (tertiary/aromatic N) is 3. The van der Waals surface area contributed by atoms with Gasteiger partial charge in [0.25, 0.3) is 0 Å². The summed E-state index contributed by atoms with van der Waals surface area (Å²) in [7, 11) is 0. The molecule has 0 spiro atoms. The first-order chi connectivity index (χ1) is 13.9. The predicted molar refractivity (Wildman–Crippen MR) is 119 cm³/mol. The maximum atomic E-state index is 11.4. The highest BCUT2D eigenvalue weighted by molar-refractivity contribution is 7.99. The van der Waals surface area contributed by atoms with Gasteiger partial charge in [-0.15, -0.1) is 0 Å². The smallest absolute Gasteiger partial charge is 0.249 e. The molecule has 1 amide bonds. The molecule has 5 nitrogen and oxygen atoms in total. The number of carbonyl (C=O) groups is 1. The van der Waals surface area contributed by atoms with E-state index in [2.05, 4.69) is 23.4 Å². The number of benzene rings is 1. The summed E-state index contributed by atoms with van der Waals surface area (Å²) in [6.45, 7) is 4.89. The van der Waals surface area contributed by atoms with Crippen molar-refractivity contribution in [3.8, 4) is 0 Å². The quantitative estimate of drug-likeness (QED) is 0.589. The topological polar surface area (TPSA) is 67.5 Å². The molecule has 2 heterocycles. The molecule has 0 unspecified atom stereocenters. The van der Waals surface area contributed by atoms with E-state index in [0.717, 1.165) is 27.0 Å². The molecule has 0 saturated carbocycles. The number of aliphatic imine (C=N–C) groups is 1. The molecular formula is C21H23Cl2N3O2S. The molecule has 0 atom stereocenters. The van der Waals surface area contributed by atoms with Gasteiger partial charge in [-0.1, -0.05) is 54.9 Å². The van der Waals surface area contributed by atoms with Gasteiger partial charge in [0, 0.05) is 40.6 Å². The van der Waals surface area contributed by atoms with Crippen LogP contribution in [0.25, 0.3) is 0 Å². The number of imidazole rings is 1. The minimum Gasteiger partial charge on any atom is -0.396 e. The third-order valence-corrected chi connectivity index (χ3v) is 5.97. The minimum atomic E-state index is -0.133. The van der Waals surface area contributed by atoms with E-state index in [4.69, 9.17) is 28.2 Å². The summed E-state index contributed by atoms with van der Waals surface area (Å²) in [6, 6.07) is 5.47. The van der Waals surface area contributed by atoms with Crippen LogP contribution in [0.4, 0.5) is 0 Å². The fourth-order valence-electron chi connectivity index (χ4n) is 3.04. The standard InChI is InChI=1S/C21H23Cl2N3O2S/c1-13(2)20-21(29-17-9-15(22)8-16(23)10-17)26(18(25-20)4-3-7-27)12-14-5-6-19(28)24-11-14/h5,8-11,13,27H,3-4,6-7,12H2,1-2H3. The zero-order valence-corrected chi connectivity index (χ0v) is 18.7. The maximum Gasteiger partial charge on any atom is 0.249 e. The molecule has 0 aliphatic carbocycles. The van der Waals surface area contributed by atoms with Crippen LogP contribution in [-0.4, -0.2) is 33.4 Å². The van der Waals surface area contributed by atoms with Crippen LogP contribution in [0.3, 0.4) is 0 Å². The highest BCUT2D eigenvalue weighted by Crippen LogP contribution is 2.37. The van der Waals surface area contributed by atoms with Gasteiger partial charge in [0.2, 0.25) is 5.91 Å². The number of rotatable bonds is 8. The van der Waals surface area contributed by atoms with Gasteiger partial charge in [-0.05, 0) is 36.1 Å². The molecule has 8 heteroatoms. The number of carbonyl (C=O) groups excluding carboxylic acids is 1. The van der Waals surface area contributed by atoms with Gasteiger partial charge in [-0.2, -0.15) is 0 Å². The van der Waals surface area contributed by atoms with Crippen molar-refractivity contribution in [2.24, 2.45) is 4.99 Å². The van der Waals surface area contributed by atoms with Crippen molar-refractivity contribution in [1.29, 1.82) is 0 Å². The summed E-state index contributed by atoms with van der Waals surface area (Å²) in [4.78, 5) is 21.2. The van der Waals surface area contributed by atoms with Crippen molar-refractivity contribution in [3.63, 3.8) is 0 Å². The van der Waals surface area contributed by atoms with Gasteiger partial charge in [-0.25, -0.2) is 9.98 Å². The number of allylic oxidation sites excluding steroid dienone is 1. The average Bonchev–Trinajstić information content (AvgIpc) is 2.98. The SMILES string of the molecule is CC(C)c1nc(CCCO)n(CC2=CCC(=O)N=C2)c1Sc1cc(Cl)cc(Cl)c1. The molecule has 29 heavy (non-hydrogen) atoms. The molecule has 2 aromatic rings. The summed E-state index contributed by atoms with van der Waals surface area (Å²) < 4.78 is 2.15. The number of hydrogen-bond donors (Lipinski definition) is 1. The first-order valence-corrected chi connectivity index (χ1v) is 11.0. The highest BCUT2D eigenvalue weighted by Gasteiger charge is 2.21. The maximum absolute atomic E-state index is 11.4. The van der Waals surface area contributed by atoms with Crippen molar-refractivity contribution in [2.75, 3.05) is 6.61 Å². The number of dihydropyridines is 1. The van der Waals surface area contributed by atoms with E-state index in [1.807, 2.05) is 18.2 Å². The predicted octanol–water partition coefficient (Wildman–Crippen LogP) is 5.32. The Hall–Kier alpha value is -1.60. The number of aliphatic hydroxyl groups is 1. The Morgan fingerprint density at radius 1 is 1.24 bits per heavy atom. The Morgan fingerprint density at radius 3 is 2.55 bits per heavy atom. The lowest BCUT2D eigenvalue weighted by Gasteiger charge is -2.15. The zero-order chi connectivity index (χ0) is 21.0. The summed E-state index contributed by atoms with van der Waals surface area (Å²) in [5.41, 5.74) is 1.96. The summed E-state index contributed by atoms with van der Waals surface area (Å²) in [5, 5.41) is 11.5. The Morgan fingerprint density at radius 2 is 1.97 bits per heavy atom. The van der Waals surface area contributed by atoms with E-state index in [1.165, 1.54) is 0 Å². The Bertz CT molecular complexity index is 947. The largest absolute Gasteiger partial charge is 0.396 e. The normalized spacial score (nSPS) is 14.0. The lowest BCUT2D eigenvalue weighted by atomic mass is 10.1. The van der Waals surface area contributed by atoms with Crippen molar-refractivity contribution >= 4 is 47.1 Å². The molecule has 1 aromatic heterocycles. The van der Waals surface area contributed by atoms with Gasteiger partial charge >= 0.3 is 0 Å². The highest BCUT2D eigenvalue weighted by atomic mass is 35.5. The van der Waals surface area contributed by atoms with Crippen LogP contribution in [0.5, 0.6) is 0 Å². The van der Waals surface area contributed by atoms with Crippen molar-refractivity contribution < 1.29 is 9.90 Å². The molecule has 1 aliphatic rings. The van der Waals surface area contributed by atoms with Gasteiger partial charge in [0.15, 0.2) is 0 Å². The van der Waals surface area contributed by atoms with Crippen LogP contribution in [0.15, 0.2) is 44.8 Å². The van der Waals surface area contributed by atoms with Crippen LogP contribution < -0.4 is 0 Å². The molecule has 0 saturated heterocycles. The van der Waals surface area contributed by atoms with Gasteiger partial charge in [-0.3, -0.25) is 4.79 Å². The van der Waals surface area contributed by atoms with Gasteiger partial charge < -0.3 is 9.67 Å². The van der Waals surface area contributed by atoms with Crippen LogP contribution >= 0.6 is 35.0 Å². The Labute approximate surface area is 184 Å². The van der Waals surface area contributed by atoms with E-state index in [0.29, 0.717) is 35.9 Å². The Kier molecular flexibility index (Phi) is 7.57. The van der Waals surface area contributed by atoms with Crippen molar-refractivity contribution in [2.45, 2.75) is 55.5 Å². The van der Waals surface area contributed by atoms with Crippen LogP contribution in [0.2, 0.25) is 10.0 Å². The summed E-state index contributed by atoms with van der Waals surface area (Å²) >= 11 is 14.0. The zero-order valence-electron chi connectivity index (χ0n) is 16.4. The minimum absolute atomic E-state index is 0.106. The molecule has 1 N–H and O–H groups in total. The van der Waals surface area contributed by atoms with Crippen LogP contribution in [0, 0.1) is 0 Å². The molecule has 154 valence electrons. The lowest BCUT2D eigenvalue weighted by Crippen LogP contribution is -2.11. The van der Waals surface area contributed by atoms with E-state index >= 15 is 0 Å². The number of aryl methyl sites for hydroxylation is 1. The van der Waals surface area contributed by atoms with E-state index in [9.17, 15) is 9.90 Å². The Balaban J connectivity index is 2.04. The van der Waals surface area contributed by atoms with Gasteiger partial charge in [0.05, 0.1) is 12.2 Å².